The number of imidazole rings is 1. The molecule has 0 saturated carbocycles. The van der Waals surface area contributed by atoms with Crippen LogP contribution in [0.3, 0.4) is 0 Å². The fourth-order valence-electron chi connectivity index (χ4n) is 2.11. The molecule has 0 aliphatic heterocycles. The highest BCUT2D eigenvalue weighted by Gasteiger charge is 2.09. The first-order valence-electron chi connectivity index (χ1n) is 5.89. The lowest BCUT2D eigenvalue weighted by atomic mass is 10.3. The van der Waals surface area contributed by atoms with Gasteiger partial charge in [-0.2, -0.15) is 0 Å². The molecular weight excluding hydrogens is 224 g/mol. The van der Waals surface area contributed by atoms with Crippen molar-refractivity contribution in [2.75, 3.05) is 0 Å². The molecule has 0 amide bonds. The van der Waals surface area contributed by atoms with E-state index in [1.807, 2.05) is 49.5 Å². The lowest BCUT2D eigenvalue weighted by Crippen LogP contribution is -2.02. The molecule has 0 bridgehead atoms. The molecule has 2 N–H and O–H groups in total. The highest BCUT2D eigenvalue weighted by molar-refractivity contribution is 5.77. The number of para-hydroxylation sites is 2. The average molecular weight is 238 g/mol. The van der Waals surface area contributed by atoms with Gasteiger partial charge in [-0.15, -0.1) is 0 Å². The molecule has 1 aromatic carbocycles. The van der Waals surface area contributed by atoms with Gasteiger partial charge in [0.1, 0.15) is 11.6 Å². The van der Waals surface area contributed by atoms with E-state index in [0.29, 0.717) is 6.54 Å². The minimum atomic E-state index is 0.511. The predicted molar refractivity (Wildman–Crippen MR) is 71.5 cm³/mol. The van der Waals surface area contributed by atoms with E-state index in [1.54, 1.807) is 0 Å². The monoisotopic (exact) mass is 238 g/mol. The van der Waals surface area contributed by atoms with Gasteiger partial charge in [0.05, 0.1) is 11.0 Å². The quantitative estimate of drug-likeness (QED) is 0.744. The van der Waals surface area contributed by atoms with Crippen LogP contribution in [0, 0.1) is 6.92 Å². The second kappa shape index (κ2) is 4.23. The summed E-state index contributed by atoms with van der Waals surface area (Å²) in [6.07, 6.45) is 1.81. The van der Waals surface area contributed by atoms with Gasteiger partial charge in [0.25, 0.3) is 0 Å². The van der Waals surface area contributed by atoms with E-state index >= 15 is 0 Å². The number of aromatic nitrogens is 3. The molecule has 3 aromatic rings. The maximum atomic E-state index is 5.58. The number of rotatable bonds is 2. The van der Waals surface area contributed by atoms with Gasteiger partial charge < -0.3 is 5.73 Å². The zero-order chi connectivity index (χ0) is 12.5. The van der Waals surface area contributed by atoms with Gasteiger partial charge in [-0.05, 0) is 30.7 Å². The van der Waals surface area contributed by atoms with Crippen molar-refractivity contribution in [2.45, 2.75) is 13.5 Å². The second-order valence-electron chi connectivity index (χ2n) is 4.21. The summed E-state index contributed by atoms with van der Waals surface area (Å²) < 4.78 is 2.05. The number of hydrogen-bond acceptors (Lipinski definition) is 3. The van der Waals surface area contributed by atoms with E-state index in [1.165, 1.54) is 0 Å². The Morgan fingerprint density at radius 2 is 2.00 bits per heavy atom. The van der Waals surface area contributed by atoms with Crippen LogP contribution in [0.1, 0.15) is 11.4 Å². The molecule has 18 heavy (non-hydrogen) atoms. The third-order valence-corrected chi connectivity index (χ3v) is 3.00. The van der Waals surface area contributed by atoms with Crippen LogP contribution in [-0.4, -0.2) is 14.5 Å². The molecule has 0 fully saturated rings. The number of fused-ring (bicyclic) bond motifs is 1. The fourth-order valence-corrected chi connectivity index (χ4v) is 2.11. The molecule has 3 rings (SSSR count). The highest BCUT2D eigenvalue weighted by Crippen LogP contribution is 2.19. The summed E-state index contributed by atoms with van der Waals surface area (Å²) >= 11 is 0. The molecule has 2 aromatic heterocycles. The smallest absolute Gasteiger partial charge is 0.138 e. The van der Waals surface area contributed by atoms with Crippen molar-refractivity contribution in [3.8, 4) is 5.82 Å². The van der Waals surface area contributed by atoms with E-state index in [0.717, 1.165) is 28.2 Å². The number of nitrogens with zero attached hydrogens (tertiary/aromatic N) is 3. The van der Waals surface area contributed by atoms with Crippen LogP contribution in [0.5, 0.6) is 0 Å². The molecule has 90 valence electrons. The zero-order valence-corrected chi connectivity index (χ0v) is 10.2. The largest absolute Gasteiger partial charge is 0.326 e. The Kier molecular flexibility index (Phi) is 2.57. The summed E-state index contributed by atoms with van der Waals surface area (Å²) in [5.74, 6) is 1.81. The van der Waals surface area contributed by atoms with E-state index in [2.05, 4.69) is 14.5 Å². The van der Waals surface area contributed by atoms with E-state index in [4.69, 9.17) is 5.73 Å². The molecule has 2 heterocycles. The van der Waals surface area contributed by atoms with Crippen molar-refractivity contribution >= 4 is 11.0 Å². The van der Waals surface area contributed by atoms with Gasteiger partial charge in [0.2, 0.25) is 0 Å². The molecule has 4 nitrogen and oxygen atoms in total. The Labute approximate surface area is 105 Å². The molecule has 0 spiro atoms. The van der Waals surface area contributed by atoms with Crippen LogP contribution >= 0.6 is 0 Å². The van der Waals surface area contributed by atoms with Crippen LogP contribution in [0.2, 0.25) is 0 Å². The predicted octanol–water partition coefficient (Wildman–Crippen LogP) is 2.19. The highest BCUT2D eigenvalue weighted by atomic mass is 15.1. The number of pyridine rings is 1. The van der Waals surface area contributed by atoms with Crippen LogP contribution in [0.15, 0.2) is 42.6 Å². The van der Waals surface area contributed by atoms with Crippen LogP contribution < -0.4 is 5.73 Å². The summed E-state index contributed by atoms with van der Waals surface area (Å²) in [7, 11) is 0. The summed E-state index contributed by atoms with van der Waals surface area (Å²) in [5, 5.41) is 0. The Morgan fingerprint density at radius 1 is 1.17 bits per heavy atom. The van der Waals surface area contributed by atoms with Crippen LogP contribution in [0.25, 0.3) is 16.9 Å². The van der Waals surface area contributed by atoms with Crippen molar-refractivity contribution < 1.29 is 0 Å². The van der Waals surface area contributed by atoms with Crippen molar-refractivity contribution in [3.05, 3.63) is 54.0 Å². The fraction of sp³-hybridized carbons (Fsp3) is 0.143. The summed E-state index contributed by atoms with van der Waals surface area (Å²) in [6.45, 7) is 2.50. The molecule has 0 aliphatic carbocycles. The average Bonchev–Trinajstić information content (AvgIpc) is 2.75. The summed E-state index contributed by atoms with van der Waals surface area (Å²) in [5.41, 5.74) is 8.67. The standard InChI is InChI=1S/C14H14N4/c1-10-17-12-4-2-3-5-13(12)18(10)14-7-6-11(8-15)9-16-14/h2-7,9H,8,15H2,1H3. The van der Waals surface area contributed by atoms with Gasteiger partial charge in [-0.3, -0.25) is 4.57 Å². The Hall–Kier alpha value is -2.20. The number of benzene rings is 1. The second-order valence-corrected chi connectivity index (χ2v) is 4.21. The van der Waals surface area contributed by atoms with E-state index in [-0.39, 0.29) is 0 Å². The van der Waals surface area contributed by atoms with E-state index < -0.39 is 0 Å². The number of aryl methyl sites for hydroxylation is 1. The Bertz CT molecular complexity index is 683. The maximum Gasteiger partial charge on any atom is 0.138 e. The van der Waals surface area contributed by atoms with Crippen molar-refractivity contribution in [2.24, 2.45) is 5.73 Å². The molecule has 4 heteroatoms. The van der Waals surface area contributed by atoms with Crippen molar-refractivity contribution in [1.82, 2.24) is 14.5 Å². The lowest BCUT2D eigenvalue weighted by molar-refractivity contribution is 0.943. The molecule has 0 radical (unpaired) electrons. The van der Waals surface area contributed by atoms with Crippen molar-refractivity contribution in [3.63, 3.8) is 0 Å². The van der Waals surface area contributed by atoms with Gasteiger partial charge >= 0.3 is 0 Å². The number of nitrogens with two attached hydrogens (primary N) is 1. The first-order chi connectivity index (χ1) is 8.79. The Balaban J connectivity index is 2.20. The Morgan fingerprint density at radius 3 is 2.72 bits per heavy atom. The summed E-state index contributed by atoms with van der Waals surface area (Å²) in [6, 6.07) is 12.0. The first kappa shape index (κ1) is 10.9. The van der Waals surface area contributed by atoms with Gasteiger partial charge in [0.15, 0.2) is 0 Å². The third-order valence-electron chi connectivity index (χ3n) is 3.00. The number of hydrogen-bond donors (Lipinski definition) is 1. The maximum absolute atomic E-state index is 5.58. The first-order valence-corrected chi connectivity index (χ1v) is 5.89. The minimum absolute atomic E-state index is 0.511. The molecule has 0 unspecified atom stereocenters. The van der Waals surface area contributed by atoms with E-state index in [9.17, 15) is 0 Å². The van der Waals surface area contributed by atoms with Gasteiger partial charge in [0, 0.05) is 12.7 Å². The SMILES string of the molecule is Cc1nc2ccccc2n1-c1ccc(CN)cn1. The molecular formula is C14H14N4. The zero-order valence-electron chi connectivity index (χ0n) is 10.2. The lowest BCUT2D eigenvalue weighted by Gasteiger charge is -2.06. The molecule has 0 saturated heterocycles. The topological polar surface area (TPSA) is 56.7 Å². The van der Waals surface area contributed by atoms with Gasteiger partial charge in [-0.1, -0.05) is 18.2 Å². The molecule has 0 aliphatic rings. The van der Waals surface area contributed by atoms with Crippen LogP contribution in [0.4, 0.5) is 0 Å². The van der Waals surface area contributed by atoms with Crippen molar-refractivity contribution in [1.29, 1.82) is 0 Å². The molecule has 0 atom stereocenters. The third kappa shape index (κ3) is 1.67. The van der Waals surface area contributed by atoms with Crippen LogP contribution in [-0.2, 0) is 6.54 Å². The normalized spacial score (nSPS) is 11.0. The minimum Gasteiger partial charge on any atom is -0.326 e. The van der Waals surface area contributed by atoms with Gasteiger partial charge in [-0.25, -0.2) is 9.97 Å². The summed E-state index contributed by atoms with van der Waals surface area (Å²) in [4.78, 5) is 8.98.